The lowest BCUT2D eigenvalue weighted by molar-refractivity contribution is -0.146. The van der Waals surface area contributed by atoms with Gasteiger partial charge in [-0.05, 0) is 58.3 Å². The minimum Gasteiger partial charge on any atom is -0.480 e. The topological polar surface area (TPSA) is 81.0 Å². The Kier molecular flexibility index (Phi) is 5.76. The average molecular weight is 361 g/mol. The molecule has 0 aromatic carbocycles. The van der Waals surface area contributed by atoms with E-state index in [0.29, 0.717) is 31.7 Å². The van der Waals surface area contributed by atoms with Gasteiger partial charge in [-0.3, -0.25) is 9.69 Å². The van der Waals surface area contributed by atoms with Crippen LogP contribution in [0.4, 0.5) is 0 Å². The van der Waals surface area contributed by atoms with Crippen LogP contribution in [0.3, 0.4) is 0 Å². The third-order valence-electron chi connectivity index (χ3n) is 6.54. The normalized spacial score (nSPS) is 39.1. The van der Waals surface area contributed by atoms with Gasteiger partial charge in [-0.15, -0.1) is 11.8 Å². The van der Waals surface area contributed by atoms with Crippen LogP contribution in [0.2, 0.25) is 0 Å². The van der Waals surface area contributed by atoms with Crippen molar-refractivity contribution < 1.29 is 20.1 Å². The number of carboxylic acid groups (broad SMARTS) is 1. The monoisotopic (exact) mass is 361 g/mol. The lowest BCUT2D eigenvalue weighted by atomic mass is 9.87. The molecule has 4 unspecified atom stereocenters. The molecule has 0 aromatic rings. The zero-order valence-electron chi connectivity index (χ0n) is 15.8. The Morgan fingerprint density at radius 1 is 1.35 bits per heavy atom. The Morgan fingerprint density at radius 2 is 2.12 bits per heavy atom. The lowest BCUT2D eigenvalue weighted by Gasteiger charge is -2.38. The van der Waals surface area contributed by atoms with E-state index in [1.54, 1.807) is 13.8 Å². The summed E-state index contributed by atoms with van der Waals surface area (Å²) in [6.07, 6.45) is 8.83. The quantitative estimate of drug-likeness (QED) is 0.517. The summed E-state index contributed by atoms with van der Waals surface area (Å²) >= 11 is 0. The van der Waals surface area contributed by atoms with Gasteiger partial charge in [-0.25, -0.2) is 0 Å². The number of aliphatic carboxylic acids is 1. The minimum atomic E-state index is -0.934. The molecule has 7 atom stereocenters. The predicted octanol–water partition coefficient (Wildman–Crippen LogP) is 2.17. The molecule has 3 fully saturated rings. The number of fused-ring (bicyclic) bond motifs is 3. The maximum atomic E-state index is 11.7. The molecule has 0 aromatic heterocycles. The molecule has 3 rings (SSSR count). The smallest absolute Gasteiger partial charge is 0.320 e. The van der Waals surface area contributed by atoms with Crippen LogP contribution in [0, 0.1) is 23.7 Å². The molecule has 3 N–H and O–H groups in total. The van der Waals surface area contributed by atoms with E-state index in [4.69, 9.17) is 0 Å². The summed E-state index contributed by atoms with van der Waals surface area (Å²) in [5.41, 5.74) is -0.934. The van der Waals surface area contributed by atoms with Crippen LogP contribution in [0.5, 0.6) is 0 Å². The van der Waals surface area contributed by atoms with Crippen molar-refractivity contribution in [2.45, 2.75) is 88.6 Å². The maximum absolute atomic E-state index is 11.7. The van der Waals surface area contributed by atoms with Crippen LogP contribution < -0.4 is 0 Å². The van der Waals surface area contributed by atoms with Crippen molar-refractivity contribution in [1.82, 2.24) is 4.90 Å². The number of hydrogen-bond acceptors (Lipinski definition) is 4. The van der Waals surface area contributed by atoms with Gasteiger partial charge in [0.1, 0.15) is 6.04 Å². The molecular weight excluding hydrogens is 330 g/mol. The van der Waals surface area contributed by atoms with Crippen LogP contribution >= 0.6 is 0 Å². The zero-order valence-corrected chi connectivity index (χ0v) is 15.8. The number of hydrogen-bond donors (Lipinski definition) is 3. The largest absolute Gasteiger partial charge is 0.480 e. The Balaban J connectivity index is 1.72. The second kappa shape index (κ2) is 7.72. The Labute approximate surface area is 156 Å². The number of nitrogens with zero attached hydrogens (tertiary/aromatic N) is 1. The van der Waals surface area contributed by atoms with Crippen molar-refractivity contribution >= 4 is 5.97 Å². The van der Waals surface area contributed by atoms with Gasteiger partial charge >= 0.3 is 5.97 Å². The lowest BCUT2D eigenvalue weighted by Crippen LogP contribution is -2.51. The molecule has 26 heavy (non-hydrogen) atoms. The fourth-order valence-electron chi connectivity index (χ4n) is 5.30. The number of carboxylic acids is 1. The number of rotatable bonds is 5. The molecule has 0 spiro atoms. The summed E-state index contributed by atoms with van der Waals surface area (Å²) in [7, 11) is 0. The molecular formula is C21H31NO4. The first-order valence-corrected chi connectivity index (χ1v) is 9.83. The minimum absolute atomic E-state index is 0.0104. The van der Waals surface area contributed by atoms with E-state index < -0.39 is 23.7 Å². The van der Waals surface area contributed by atoms with Crippen molar-refractivity contribution in [2.75, 3.05) is 0 Å². The Bertz CT molecular complexity index is 617. The second-order valence-corrected chi connectivity index (χ2v) is 8.38. The SMILES string of the molecule is CC#CCCC(C)(O)/C=C/[C@H]1[C@H](O)CC2[C@@H]1CC1CCCC(C(=O)O)N12. The van der Waals surface area contributed by atoms with Crippen molar-refractivity contribution in [3.05, 3.63) is 12.2 Å². The summed E-state index contributed by atoms with van der Waals surface area (Å²) in [5, 5.41) is 30.7. The molecule has 1 aliphatic carbocycles. The average Bonchev–Trinajstić information content (AvgIpc) is 3.07. The fraction of sp³-hybridized carbons (Fsp3) is 0.762. The van der Waals surface area contributed by atoms with Gasteiger partial charge in [0.05, 0.1) is 11.7 Å². The summed E-state index contributed by atoms with van der Waals surface area (Å²) in [5.74, 6) is 5.34. The van der Waals surface area contributed by atoms with Gasteiger partial charge in [-0.1, -0.05) is 12.2 Å². The fourth-order valence-corrected chi connectivity index (χ4v) is 5.30. The Hall–Kier alpha value is -1.35. The molecule has 2 saturated heterocycles. The molecule has 3 aliphatic rings. The molecule has 0 bridgehead atoms. The summed E-state index contributed by atoms with van der Waals surface area (Å²) in [6, 6.07) is 0.0555. The van der Waals surface area contributed by atoms with Crippen LogP contribution in [-0.4, -0.2) is 56.0 Å². The molecule has 144 valence electrons. The number of carbonyl (C=O) groups is 1. The van der Waals surface area contributed by atoms with Gasteiger partial charge < -0.3 is 15.3 Å². The third kappa shape index (κ3) is 3.83. The highest BCUT2D eigenvalue weighted by Gasteiger charge is 2.55. The highest BCUT2D eigenvalue weighted by molar-refractivity contribution is 5.73. The van der Waals surface area contributed by atoms with Gasteiger partial charge in [0.25, 0.3) is 0 Å². The third-order valence-corrected chi connectivity index (χ3v) is 6.54. The van der Waals surface area contributed by atoms with E-state index in [0.717, 1.165) is 19.3 Å². The van der Waals surface area contributed by atoms with Crippen molar-refractivity contribution in [1.29, 1.82) is 0 Å². The Morgan fingerprint density at radius 3 is 2.81 bits per heavy atom. The first-order valence-electron chi connectivity index (χ1n) is 9.83. The van der Waals surface area contributed by atoms with Gasteiger partial charge in [0.15, 0.2) is 0 Å². The van der Waals surface area contributed by atoms with Crippen LogP contribution in [0.1, 0.15) is 58.8 Å². The van der Waals surface area contributed by atoms with E-state index in [1.165, 1.54) is 0 Å². The standard InChI is InChI=1S/C21H31NO4/c1-3-4-5-10-21(2,26)11-9-15-16-12-14-7-6-8-17(20(24)25)22(14)18(16)13-19(15)23/h9,11,14-19,23,26H,5-8,10,12-13H2,1-2H3,(H,24,25)/b11-9+/t14?,15-,16-,17?,18?,19-,21?/m1/s1. The van der Waals surface area contributed by atoms with Crippen LogP contribution in [0.25, 0.3) is 0 Å². The van der Waals surface area contributed by atoms with Gasteiger partial charge in [0.2, 0.25) is 0 Å². The van der Waals surface area contributed by atoms with Gasteiger partial charge in [-0.2, -0.15) is 0 Å². The van der Waals surface area contributed by atoms with E-state index in [2.05, 4.69) is 16.7 Å². The van der Waals surface area contributed by atoms with Crippen LogP contribution in [0.15, 0.2) is 12.2 Å². The second-order valence-electron chi connectivity index (χ2n) is 8.38. The number of aliphatic hydroxyl groups is 2. The van der Waals surface area contributed by atoms with E-state index in [9.17, 15) is 20.1 Å². The first kappa shape index (κ1) is 19.4. The molecule has 0 radical (unpaired) electrons. The summed E-state index contributed by atoms with van der Waals surface area (Å²) in [4.78, 5) is 13.9. The van der Waals surface area contributed by atoms with Crippen LogP contribution in [-0.2, 0) is 4.79 Å². The highest BCUT2D eigenvalue weighted by atomic mass is 16.4. The summed E-state index contributed by atoms with van der Waals surface area (Å²) < 4.78 is 0. The molecule has 0 amide bonds. The van der Waals surface area contributed by atoms with E-state index in [1.807, 2.05) is 12.2 Å². The van der Waals surface area contributed by atoms with Crippen molar-refractivity contribution in [3.8, 4) is 11.8 Å². The zero-order chi connectivity index (χ0) is 18.9. The molecule has 5 heteroatoms. The number of aliphatic hydroxyl groups excluding tert-OH is 1. The van der Waals surface area contributed by atoms with Crippen molar-refractivity contribution in [3.63, 3.8) is 0 Å². The van der Waals surface area contributed by atoms with E-state index >= 15 is 0 Å². The van der Waals surface area contributed by atoms with E-state index in [-0.39, 0.29) is 17.9 Å². The predicted molar refractivity (Wildman–Crippen MR) is 99.4 cm³/mol. The molecule has 1 saturated carbocycles. The summed E-state index contributed by atoms with van der Waals surface area (Å²) in [6.45, 7) is 3.57. The molecule has 2 aliphatic heterocycles. The first-order chi connectivity index (χ1) is 12.3. The van der Waals surface area contributed by atoms with Crippen molar-refractivity contribution in [2.24, 2.45) is 11.8 Å². The highest BCUT2D eigenvalue weighted by Crippen LogP contribution is 2.49. The molecule has 2 heterocycles. The maximum Gasteiger partial charge on any atom is 0.320 e. The number of piperidine rings is 1. The van der Waals surface area contributed by atoms with Gasteiger partial charge in [0, 0.05) is 24.4 Å². The molecule has 5 nitrogen and oxygen atoms in total.